The molecule has 0 radical (unpaired) electrons. The van der Waals surface area contributed by atoms with Gasteiger partial charge in [-0.15, -0.1) is 0 Å². The molecule has 5 rings (SSSR count). The summed E-state index contributed by atoms with van der Waals surface area (Å²) in [5.74, 6) is 1.36. The van der Waals surface area contributed by atoms with Gasteiger partial charge in [-0.1, -0.05) is 30.3 Å². The minimum absolute atomic E-state index is 0.113. The summed E-state index contributed by atoms with van der Waals surface area (Å²) in [5, 5.41) is 7.52. The summed E-state index contributed by atoms with van der Waals surface area (Å²) in [7, 11) is 4.37. The number of benzene rings is 1. The van der Waals surface area contributed by atoms with Crippen LogP contribution in [0.1, 0.15) is 18.4 Å². The summed E-state index contributed by atoms with van der Waals surface area (Å²) in [5.41, 5.74) is 3.75. The maximum absolute atomic E-state index is 6.57. The molecule has 3 saturated heterocycles. The maximum atomic E-state index is 6.57. The van der Waals surface area contributed by atoms with Gasteiger partial charge in [-0.2, -0.15) is 5.10 Å². The highest BCUT2D eigenvalue weighted by Gasteiger charge is 2.62. The van der Waals surface area contributed by atoms with Crippen molar-refractivity contribution < 1.29 is 4.74 Å². The third-order valence-corrected chi connectivity index (χ3v) is 6.60. The zero-order chi connectivity index (χ0) is 17.7. The standard InChI is InChI=1S/C21H28N4O/c1-24(2)12-17-18-13-25(14-21(18)9-8-19(17)26-21)11-16-10-22-23-20(16)15-6-4-3-5-7-15/h3-7,10,17-19H,8-9,11-14H2,1-2H3,(H,22,23)/t17-,18+,19+,21+/m0/s1. The predicted octanol–water partition coefficient (Wildman–Crippen LogP) is 2.62. The van der Waals surface area contributed by atoms with Gasteiger partial charge in [0, 0.05) is 43.6 Å². The van der Waals surface area contributed by atoms with Gasteiger partial charge in [0.25, 0.3) is 0 Å². The molecule has 0 aliphatic carbocycles. The van der Waals surface area contributed by atoms with Crippen LogP contribution in [-0.4, -0.2) is 65.4 Å². The van der Waals surface area contributed by atoms with Gasteiger partial charge in [0.2, 0.25) is 0 Å². The van der Waals surface area contributed by atoms with Crippen molar-refractivity contribution in [2.24, 2.45) is 11.8 Å². The number of nitrogens with one attached hydrogen (secondary N) is 1. The number of aromatic amines is 1. The summed E-state index contributed by atoms with van der Waals surface area (Å²) in [6, 6.07) is 10.5. The van der Waals surface area contributed by atoms with Crippen LogP contribution < -0.4 is 0 Å². The second kappa shape index (κ2) is 6.19. The average Bonchev–Trinajstić information content (AvgIpc) is 3.37. The molecular weight excluding hydrogens is 324 g/mol. The average molecular weight is 352 g/mol. The molecule has 3 aliphatic rings. The van der Waals surface area contributed by atoms with Crippen LogP contribution in [0.4, 0.5) is 0 Å². The van der Waals surface area contributed by atoms with Crippen molar-refractivity contribution in [1.82, 2.24) is 20.0 Å². The van der Waals surface area contributed by atoms with E-state index in [2.05, 4.69) is 64.4 Å². The van der Waals surface area contributed by atoms with Crippen molar-refractivity contribution in [3.8, 4) is 11.3 Å². The van der Waals surface area contributed by atoms with Crippen LogP contribution in [0.15, 0.2) is 36.5 Å². The molecule has 0 amide bonds. The Morgan fingerprint density at radius 2 is 2.15 bits per heavy atom. The van der Waals surface area contributed by atoms with Crippen LogP contribution in [0.5, 0.6) is 0 Å². The van der Waals surface area contributed by atoms with Crippen LogP contribution in [0.2, 0.25) is 0 Å². The summed E-state index contributed by atoms with van der Waals surface area (Å²) in [4.78, 5) is 4.92. The Bertz CT molecular complexity index is 773. The molecule has 1 aromatic heterocycles. The molecule has 2 aromatic rings. The number of ether oxygens (including phenoxy) is 1. The highest BCUT2D eigenvalue weighted by Crippen LogP contribution is 2.55. The zero-order valence-electron chi connectivity index (χ0n) is 15.7. The van der Waals surface area contributed by atoms with Crippen molar-refractivity contribution in [3.05, 3.63) is 42.1 Å². The van der Waals surface area contributed by atoms with Gasteiger partial charge in [-0.05, 0) is 32.5 Å². The highest BCUT2D eigenvalue weighted by atomic mass is 16.5. The number of fused-ring (bicyclic) bond motifs is 1. The molecule has 5 heteroatoms. The predicted molar refractivity (Wildman–Crippen MR) is 102 cm³/mol. The Labute approximate surface area is 155 Å². The van der Waals surface area contributed by atoms with Crippen molar-refractivity contribution >= 4 is 0 Å². The summed E-state index contributed by atoms with van der Waals surface area (Å²) >= 11 is 0. The topological polar surface area (TPSA) is 44.4 Å². The Morgan fingerprint density at radius 3 is 2.96 bits per heavy atom. The van der Waals surface area contributed by atoms with Gasteiger partial charge < -0.3 is 9.64 Å². The van der Waals surface area contributed by atoms with Gasteiger partial charge in [0.15, 0.2) is 0 Å². The Morgan fingerprint density at radius 1 is 1.31 bits per heavy atom. The number of H-pyrrole nitrogens is 1. The number of likely N-dealkylation sites (tertiary alicyclic amines) is 1. The molecule has 26 heavy (non-hydrogen) atoms. The molecule has 1 N–H and O–H groups in total. The van der Waals surface area contributed by atoms with E-state index in [1.807, 2.05) is 6.20 Å². The molecule has 1 spiro atoms. The Hall–Kier alpha value is -1.69. The monoisotopic (exact) mass is 352 g/mol. The van der Waals surface area contributed by atoms with Gasteiger partial charge >= 0.3 is 0 Å². The van der Waals surface area contributed by atoms with Crippen molar-refractivity contribution in [1.29, 1.82) is 0 Å². The normalized spacial score (nSPS) is 33.3. The lowest BCUT2D eigenvalue weighted by Gasteiger charge is -2.31. The second-order valence-corrected chi connectivity index (χ2v) is 8.60. The fraction of sp³-hybridized carbons (Fsp3) is 0.571. The summed E-state index contributed by atoms with van der Waals surface area (Å²) < 4.78 is 6.57. The Balaban J connectivity index is 1.34. The van der Waals surface area contributed by atoms with E-state index in [1.54, 1.807) is 0 Å². The van der Waals surface area contributed by atoms with Crippen molar-refractivity contribution in [2.75, 3.05) is 33.7 Å². The molecule has 4 heterocycles. The summed E-state index contributed by atoms with van der Waals surface area (Å²) in [6.07, 6.45) is 4.95. The first kappa shape index (κ1) is 16.5. The van der Waals surface area contributed by atoms with Gasteiger partial charge in [0.05, 0.1) is 23.6 Å². The maximum Gasteiger partial charge on any atom is 0.0858 e. The number of rotatable bonds is 5. The molecule has 0 saturated carbocycles. The first-order valence-corrected chi connectivity index (χ1v) is 9.77. The molecule has 138 valence electrons. The third-order valence-electron chi connectivity index (χ3n) is 6.60. The SMILES string of the molecule is CN(C)C[C@H]1[C@H]2CN(Cc3cn[nH]c3-c3ccccc3)C[C@]23CC[C@H]1O3. The van der Waals surface area contributed by atoms with Crippen molar-refractivity contribution in [2.45, 2.75) is 31.1 Å². The van der Waals surface area contributed by atoms with E-state index < -0.39 is 0 Å². The minimum atomic E-state index is 0.113. The molecule has 4 atom stereocenters. The highest BCUT2D eigenvalue weighted by molar-refractivity contribution is 5.62. The van der Waals surface area contributed by atoms with Crippen LogP contribution in [0, 0.1) is 11.8 Å². The summed E-state index contributed by atoms with van der Waals surface area (Å²) in [6.45, 7) is 4.31. The third kappa shape index (κ3) is 2.61. The van der Waals surface area contributed by atoms with E-state index in [0.29, 0.717) is 17.9 Å². The fourth-order valence-electron chi connectivity index (χ4n) is 5.60. The van der Waals surface area contributed by atoms with Crippen LogP contribution in [0.25, 0.3) is 11.3 Å². The van der Waals surface area contributed by atoms with E-state index in [0.717, 1.165) is 31.9 Å². The lowest BCUT2D eigenvalue weighted by atomic mass is 9.73. The van der Waals surface area contributed by atoms with Crippen LogP contribution in [-0.2, 0) is 11.3 Å². The molecule has 2 bridgehead atoms. The molecular formula is C21H28N4O. The fourth-order valence-corrected chi connectivity index (χ4v) is 5.60. The molecule has 0 unspecified atom stereocenters. The number of aromatic nitrogens is 2. The number of nitrogens with zero attached hydrogens (tertiary/aromatic N) is 3. The largest absolute Gasteiger partial charge is 0.370 e. The van der Waals surface area contributed by atoms with E-state index >= 15 is 0 Å². The van der Waals surface area contributed by atoms with Gasteiger partial charge in [-0.25, -0.2) is 0 Å². The van der Waals surface area contributed by atoms with Crippen LogP contribution in [0.3, 0.4) is 0 Å². The Kier molecular flexibility index (Phi) is 3.92. The lowest BCUT2D eigenvalue weighted by Crippen LogP contribution is -2.40. The van der Waals surface area contributed by atoms with Crippen molar-refractivity contribution in [3.63, 3.8) is 0 Å². The van der Waals surface area contributed by atoms with Crippen LogP contribution >= 0.6 is 0 Å². The smallest absolute Gasteiger partial charge is 0.0858 e. The van der Waals surface area contributed by atoms with E-state index in [9.17, 15) is 0 Å². The first-order valence-electron chi connectivity index (χ1n) is 9.77. The van der Waals surface area contributed by atoms with E-state index in [1.165, 1.54) is 24.0 Å². The molecule has 3 aliphatic heterocycles. The van der Waals surface area contributed by atoms with E-state index in [-0.39, 0.29) is 5.60 Å². The zero-order valence-corrected chi connectivity index (χ0v) is 15.7. The minimum Gasteiger partial charge on any atom is -0.370 e. The lowest BCUT2D eigenvalue weighted by molar-refractivity contribution is 0.00146. The van der Waals surface area contributed by atoms with Gasteiger partial charge in [0.1, 0.15) is 0 Å². The molecule has 5 nitrogen and oxygen atoms in total. The molecule has 3 fully saturated rings. The first-order chi connectivity index (χ1) is 12.6. The number of hydrogen-bond donors (Lipinski definition) is 1. The second-order valence-electron chi connectivity index (χ2n) is 8.60. The van der Waals surface area contributed by atoms with E-state index in [4.69, 9.17) is 4.74 Å². The quantitative estimate of drug-likeness (QED) is 0.898. The number of hydrogen-bond acceptors (Lipinski definition) is 4. The van der Waals surface area contributed by atoms with Gasteiger partial charge in [-0.3, -0.25) is 10.00 Å². The molecule has 1 aromatic carbocycles.